The molecule has 96 valence electrons. The maximum atomic E-state index is 5.59. The number of ether oxygens (including phenoxy) is 2. The first-order chi connectivity index (χ1) is 7.79. The second-order valence-corrected chi connectivity index (χ2v) is 5.13. The van der Waals surface area contributed by atoms with Gasteiger partial charge in [0, 0.05) is 38.2 Å². The average Bonchev–Trinajstić information content (AvgIpc) is 2.64. The van der Waals surface area contributed by atoms with E-state index in [0.29, 0.717) is 6.04 Å². The molecule has 1 heterocycles. The predicted octanol–water partition coefficient (Wildman–Crippen LogP) is 2.14. The average molecular weight is 294 g/mol. The molecule has 2 atom stereocenters. The van der Waals surface area contributed by atoms with Crippen molar-refractivity contribution in [3.63, 3.8) is 0 Å². The van der Waals surface area contributed by atoms with Crippen LogP contribution in [0.3, 0.4) is 0 Å². The summed E-state index contributed by atoms with van der Waals surface area (Å²) in [5, 5.41) is 1.08. The van der Waals surface area contributed by atoms with Crippen molar-refractivity contribution >= 4 is 15.9 Å². The van der Waals surface area contributed by atoms with E-state index >= 15 is 0 Å². The van der Waals surface area contributed by atoms with Crippen molar-refractivity contribution in [1.29, 1.82) is 0 Å². The van der Waals surface area contributed by atoms with Crippen LogP contribution < -0.4 is 0 Å². The fourth-order valence-corrected chi connectivity index (χ4v) is 3.25. The van der Waals surface area contributed by atoms with Crippen molar-refractivity contribution in [2.24, 2.45) is 5.92 Å². The number of alkyl halides is 1. The van der Waals surface area contributed by atoms with Gasteiger partial charge in [0.05, 0.1) is 6.61 Å². The molecule has 0 N–H and O–H groups in total. The molecule has 0 spiro atoms. The first-order valence-electron chi connectivity index (χ1n) is 6.16. The molecular formula is C12H24BrNO2. The first-order valence-corrected chi connectivity index (χ1v) is 7.28. The van der Waals surface area contributed by atoms with Gasteiger partial charge in [0.15, 0.2) is 0 Å². The molecule has 1 aliphatic rings. The zero-order chi connectivity index (χ0) is 11.8. The molecule has 0 aliphatic carbocycles. The second-order valence-electron chi connectivity index (χ2n) is 4.48. The summed E-state index contributed by atoms with van der Waals surface area (Å²) in [7, 11) is 1.73. The highest BCUT2D eigenvalue weighted by Crippen LogP contribution is 2.24. The van der Waals surface area contributed by atoms with E-state index < -0.39 is 0 Å². The van der Waals surface area contributed by atoms with Crippen molar-refractivity contribution in [2.45, 2.75) is 25.8 Å². The SMILES string of the molecule is COCCCOCCN1CCC(C)C1CBr. The largest absolute Gasteiger partial charge is 0.385 e. The van der Waals surface area contributed by atoms with E-state index in [1.807, 2.05) is 0 Å². The van der Waals surface area contributed by atoms with E-state index in [1.165, 1.54) is 13.0 Å². The molecule has 0 aromatic carbocycles. The Hall–Kier alpha value is 0.360. The third kappa shape index (κ3) is 4.70. The van der Waals surface area contributed by atoms with Crippen LogP contribution in [-0.4, -0.2) is 56.3 Å². The summed E-state index contributed by atoms with van der Waals surface area (Å²) < 4.78 is 10.6. The van der Waals surface area contributed by atoms with Gasteiger partial charge in [0.1, 0.15) is 0 Å². The van der Waals surface area contributed by atoms with E-state index in [0.717, 1.165) is 44.0 Å². The molecule has 1 rings (SSSR count). The lowest BCUT2D eigenvalue weighted by atomic mass is 10.1. The van der Waals surface area contributed by atoms with Crippen molar-refractivity contribution in [1.82, 2.24) is 4.90 Å². The number of rotatable bonds is 8. The summed E-state index contributed by atoms with van der Waals surface area (Å²) in [5.74, 6) is 0.813. The Labute approximate surface area is 108 Å². The van der Waals surface area contributed by atoms with Crippen molar-refractivity contribution in [2.75, 3.05) is 45.4 Å². The Morgan fingerprint density at radius 2 is 2.12 bits per heavy atom. The molecule has 3 nitrogen and oxygen atoms in total. The third-order valence-corrected chi connectivity index (χ3v) is 3.98. The maximum absolute atomic E-state index is 5.59. The van der Waals surface area contributed by atoms with Gasteiger partial charge in [-0.2, -0.15) is 0 Å². The van der Waals surface area contributed by atoms with Crippen LogP contribution in [0.25, 0.3) is 0 Å². The van der Waals surface area contributed by atoms with Crippen LogP contribution in [-0.2, 0) is 9.47 Å². The van der Waals surface area contributed by atoms with Crippen LogP contribution in [0.1, 0.15) is 19.8 Å². The van der Waals surface area contributed by atoms with Crippen LogP contribution in [0.15, 0.2) is 0 Å². The predicted molar refractivity (Wildman–Crippen MR) is 70.2 cm³/mol. The molecule has 1 aliphatic heterocycles. The molecule has 0 aromatic heterocycles. The van der Waals surface area contributed by atoms with Gasteiger partial charge in [-0.3, -0.25) is 4.90 Å². The van der Waals surface area contributed by atoms with Gasteiger partial charge in [-0.15, -0.1) is 0 Å². The van der Waals surface area contributed by atoms with Gasteiger partial charge >= 0.3 is 0 Å². The van der Waals surface area contributed by atoms with E-state index in [9.17, 15) is 0 Å². The van der Waals surface area contributed by atoms with Crippen molar-refractivity contribution < 1.29 is 9.47 Å². The number of hydrogen-bond acceptors (Lipinski definition) is 3. The highest BCUT2D eigenvalue weighted by atomic mass is 79.9. The van der Waals surface area contributed by atoms with Gasteiger partial charge in [0.2, 0.25) is 0 Å². The molecule has 1 saturated heterocycles. The minimum Gasteiger partial charge on any atom is -0.385 e. The highest BCUT2D eigenvalue weighted by Gasteiger charge is 2.29. The molecule has 0 bridgehead atoms. The minimum absolute atomic E-state index is 0.697. The smallest absolute Gasteiger partial charge is 0.0593 e. The van der Waals surface area contributed by atoms with Crippen LogP contribution in [0.2, 0.25) is 0 Å². The quantitative estimate of drug-likeness (QED) is 0.506. The molecule has 0 saturated carbocycles. The molecule has 0 aromatic rings. The Morgan fingerprint density at radius 1 is 1.31 bits per heavy atom. The summed E-state index contributed by atoms with van der Waals surface area (Å²) in [6.45, 7) is 7.08. The lowest BCUT2D eigenvalue weighted by molar-refractivity contribution is 0.0812. The highest BCUT2D eigenvalue weighted by molar-refractivity contribution is 9.09. The Balaban J connectivity index is 2.04. The fourth-order valence-electron chi connectivity index (χ4n) is 2.20. The van der Waals surface area contributed by atoms with Crippen LogP contribution in [0, 0.1) is 5.92 Å². The summed E-state index contributed by atoms with van der Waals surface area (Å²) in [6, 6.07) is 0.697. The second kappa shape index (κ2) is 8.45. The maximum Gasteiger partial charge on any atom is 0.0593 e. The Bertz CT molecular complexity index is 180. The molecular weight excluding hydrogens is 270 g/mol. The fraction of sp³-hybridized carbons (Fsp3) is 1.00. The lowest BCUT2D eigenvalue weighted by Gasteiger charge is -2.24. The Morgan fingerprint density at radius 3 is 2.81 bits per heavy atom. The van der Waals surface area contributed by atoms with Crippen molar-refractivity contribution in [3.8, 4) is 0 Å². The summed E-state index contributed by atoms with van der Waals surface area (Å²) in [4.78, 5) is 2.54. The minimum atomic E-state index is 0.697. The van der Waals surface area contributed by atoms with E-state index in [-0.39, 0.29) is 0 Å². The molecule has 1 fully saturated rings. The molecule has 0 radical (unpaired) electrons. The van der Waals surface area contributed by atoms with Gasteiger partial charge in [-0.05, 0) is 25.3 Å². The molecule has 2 unspecified atom stereocenters. The summed E-state index contributed by atoms with van der Waals surface area (Å²) in [6.07, 6.45) is 2.31. The number of halogens is 1. The van der Waals surface area contributed by atoms with Gasteiger partial charge < -0.3 is 9.47 Å². The third-order valence-electron chi connectivity index (χ3n) is 3.32. The Kier molecular flexibility index (Phi) is 7.62. The van der Waals surface area contributed by atoms with Crippen molar-refractivity contribution in [3.05, 3.63) is 0 Å². The van der Waals surface area contributed by atoms with Crippen LogP contribution in [0.4, 0.5) is 0 Å². The molecule has 16 heavy (non-hydrogen) atoms. The van der Waals surface area contributed by atoms with E-state index in [2.05, 4.69) is 27.8 Å². The number of nitrogens with zero attached hydrogens (tertiary/aromatic N) is 1. The number of hydrogen-bond donors (Lipinski definition) is 0. The monoisotopic (exact) mass is 293 g/mol. The van der Waals surface area contributed by atoms with E-state index in [1.54, 1.807) is 7.11 Å². The summed E-state index contributed by atoms with van der Waals surface area (Å²) >= 11 is 3.60. The normalized spacial score (nSPS) is 26.4. The van der Waals surface area contributed by atoms with Gasteiger partial charge in [-0.1, -0.05) is 22.9 Å². The zero-order valence-electron chi connectivity index (χ0n) is 10.5. The van der Waals surface area contributed by atoms with Crippen LogP contribution in [0.5, 0.6) is 0 Å². The van der Waals surface area contributed by atoms with Gasteiger partial charge in [0.25, 0.3) is 0 Å². The number of likely N-dealkylation sites (tertiary alicyclic amines) is 1. The topological polar surface area (TPSA) is 21.7 Å². The lowest BCUT2D eigenvalue weighted by Crippen LogP contribution is -2.36. The van der Waals surface area contributed by atoms with Gasteiger partial charge in [-0.25, -0.2) is 0 Å². The molecule has 4 heteroatoms. The summed E-state index contributed by atoms with van der Waals surface area (Å²) in [5.41, 5.74) is 0. The molecule has 0 amide bonds. The standard InChI is InChI=1S/C12H24BrNO2/c1-11-4-5-14(12(11)10-13)6-9-16-8-3-7-15-2/h11-12H,3-10H2,1-2H3. The zero-order valence-corrected chi connectivity index (χ0v) is 12.0. The van der Waals surface area contributed by atoms with Crippen LogP contribution >= 0.6 is 15.9 Å². The number of methoxy groups -OCH3 is 1. The first kappa shape index (κ1) is 14.4. The van der Waals surface area contributed by atoms with E-state index in [4.69, 9.17) is 9.47 Å².